The quantitative estimate of drug-likeness (QED) is 0.306. The Kier molecular flexibility index (Phi) is 6.82. The van der Waals surface area contributed by atoms with Gasteiger partial charge in [0.2, 0.25) is 0 Å². The fourth-order valence-corrected chi connectivity index (χ4v) is 5.40. The summed E-state index contributed by atoms with van der Waals surface area (Å²) in [6.45, 7) is 0.552. The monoisotopic (exact) mass is 407 g/mol. The summed E-state index contributed by atoms with van der Waals surface area (Å²) in [7, 11) is 0. The van der Waals surface area contributed by atoms with Crippen LogP contribution in [0.1, 0.15) is 16.4 Å². The number of amides is 2. The Labute approximate surface area is 165 Å². The van der Waals surface area contributed by atoms with Crippen LogP contribution >= 0.6 is 35.1 Å². The molecule has 0 unspecified atom stereocenters. The van der Waals surface area contributed by atoms with Crippen LogP contribution in [0.4, 0.5) is 4.79 Å². The smallest absolute Gasteiger partial charge is 0.336 e. The predicted octanol–water partition coefficient (Wildman–Crippen LogP) is 4.91. The molecule has 0 radical (unpaired) electrons. The lowest BCUT2D eigenvalue weighted by molar-refractivity contribution is 0.203. The van der Waals surface area contributed by atoms with Crippen LogP contribution in [-0.4, -0.2) is 35.8 Å². The van der Waals surface area contributed by atoms with Crippen molar-refractivity contribution in [3.05, 3.63) is 64.6 Å². The van der Waals surface area contributed by atoms with E-state index in [1.165, 1.54) is 20.9 Å². The van der Waals surface area contributed by atoms with Crippen LogP contribution in [0.15, 0.2) is 63.6 Å². The number of hydrogen-bond acceptors (Lipinski definition) is 5. The second kappa shape index (κ2) is 9.30. The number of thioether (sulfide) groups is 1. The number of hydrogen-bond donors (Lipinski definition) is 1. The predicted molar refractivity (Wildman–Crippen MR) is 108 cm³/mol. The molecule has 2 amide bonds. The summed E-state index contributed by atoms with van der Waals surface area (Å²) in [5, 5.41) is 6.43. The highest BCUT2D eigenvalue weighted by atomic mass is 35.5. The molecule has 1 heterocycles. The van der Waals surface area contributed by atoms with Gasteiger partial charge >= 0.3 is 6.03 Å². The minimum Gasteiger partial charge on any atom is -0.336 e. The van der Waals surface area contributed by atoms with Gasteiger partial charge in [-0.25, -0.2) is 4.79 Å². The molecule has 5 nitrogen and oxygen atoms in total. The van der Waals surface area contributed by atoms with Crippen molar-refractivity contribution < 1.29 is 4.79 Å². The molecule has 1 aliphatic heterocycles. The van der Waals surface area contributed by atoms with E-state index in [2.05, 4.69) is 59.1 Å². The molecule has 0 aromatic heterocycles. The Morgan fingerprint density at radius 1 is 1.15 bits per heavy atom. The number of carbonyl (C=O) groups is 1. The van der Waals surface area contributed by atoms with Crippen molar-refractivity contribution in [2.45, 2.75) is 15.0 Å². The third-order valence-electron chi connectivity index (χ3n) is 3.91. The molecule has 0 bridgehead atoms. The summed E-state index contributed by atoms with van der Waals surface area (Å²) in [4.78, 5) is 25.0. The molecule has 0 saturated carbocycles. The topological polar surface area (TPSA) is 61.8 Å². The van der Waals surface area contributed by atoms with Crippen LogP contribution in [0, 0.1) is 4.91 Å². The summed E-state index contributed by atoms with van der Waals surface area (Å²) < 4.78 is 0. The summed E-state index contributed by atoms with van der Waals surface area (Å²) in [6, 6.07) is 16.3. The highest BCUT2D eigenvalue weighted by Crippen LogP contribution is 2.49. The summed E-state index contributed by atoms with van der Waals surface area (Å²) >= 11 is 9.12. The number of nitrogens with one attached hydrogen (secondary N) is 1. The third-order valence-corrected chi connectivity index (χ3v) is 6.55. The molecule has 0 spiro atoms. The second-order valence-electron chi connectivity index (χ2n) is 5.55. The number of fused-ring (bicyclic) bond motifs is 2. The van der Waals surface area contributed by atoms with E-state index in [1.54, 1.807) is 23.5 Å². The highest BCUT2D eigenvalue weighted by molar-refractivity contribution is 8.01. The molecule has 0 aliphatic carbocycles. The van der Waals surface area contributed by atoms with Crippen LogP contribution in [0.2, 0.25) is 0 Å². The van der Waals surface area contributed by atoms with Gasteiger partial charge in [-0.1, -0.05) is 48.2 Å². The Balaban J connectivity index is 1.63. The number of carbonyl (C=O) groups excluding carboxylic acids is 1. The van der Waals surface area contributed by atoms with Crippen LogP contribution in [-0.2, 0) is 0 Å². The van der Waals surface area contributed by atoms with Crippen molar-refractivity contribution in [2.24, 2.45) is 5.29 Å². The van der Waals surface area contributed by atoms with Crippen LogP contribution < -0.4 is 5.32 Å². The van der Waals surface area contributed by atoms with E-state index in [4.69, 9.17) is 11.6 Å². The van der Waals surface area contributed by atoms with Crippen molar-refractivity contribution in [2.75, 3.05) is 24.7 Å². The first-order valence-electron chi connectivity index (χ1n) is 8.16. The van der Waals surface area contributed by atoms with E-state index in [0.717, 1.165) is 10.8 Å². The summed E-state index contributed by atoms with van der Waals surface area (Å²) in [5.74, 6) is 0.887. The molecule has 2 aromatic carbocycles. The lowest BCUT2D eigenvalue weighted by Gasteiger charge is -2.27. The lowest BCUT2D eigenvalue weighted by atomic mass is 10.0. The molecule has 2 aromatic rings. The molecule has 0 saturated heterocycles. The maximum atomic E-state index is 11.9. The SMILES string of the molecule is O=NN(CCCl)C(=O)NCCSC1c2ccccc2Sc2ccccc21. The first-order valence-corrected chi connectivity index (χ1v) is 10.6. The fourth-order valence-electron chi connectivity index (χ4n) is 2.73. The van der Waals surface area contributed by atoms with Gasteiger partial charge in [-0.05, 0) is 23.3 Å². The van der Waals surface area contributed by atoms with Gasteiger partial charge in [0.1, 0.15) is 0 Å². The number of alkyl halides is 1. The van der Waals surface area contributed by atoms with Gasteiger partial charge < -0.3 is 5.32 Å². The van der Waals surface area contributed by atoms with Crippen molar-refractivity contribution in [1.29, 1.82) is 0 Å². The van der Waals surface area contributed by atoms with Gasteiger partial charge in [0.25, 0.3) is 0 Å². The Bertz CT molecular complexity index is 745. The normalized spacial score (nSPS) is 12.8. The van der Waals surface area contributed by atoms with Gasteiger partial charge in [0, 0.05) is 28.0 Å². The molecule has 0 fully saturated rings. The number of benzene rings is 2. The lowest BCUT2D eigenvalue weighted by Crippen LogP contribution is -2.38. The number of nitroso groups, excluding NO2 is 1. The Morgan fingerprint density at radius 3 is 2.35 bits per heavy atom. The van der Waals surface area contributed by atoms with E-state index >= 15 is 0 Å². The molecule has 0 atom stereocenters. The third kappa shape index (κ3) is 4.34. The molecule has 26 heavy (non-hydrogen) atoms. The maximum absolute atomic E-state index is 11.9. The van der Waals surface area contributed by atoms with Crippen molar-refractivity contribution in [3.63, 3.8) is 0 Å². The largest absolute Gasteiger partial charge is 0.340 e. The Hall–Kier alpha value is -1.70. The minimum absolute atomic E-state index is 0.102. The van der Waals surface area contributed by atoms with E-state index in [1.807, 2.05) is 0 Å². The summed E-state index contributed by atoms with van der Waals surface area (Å²) in [5.41, 5.74) is 2.59. The van der Waals surface area contributed by atoms with Crippen molar-refractivity contribution in [1.82, 2.24) is 10.3 Å². The zero-order valence-corrected chi connectivity index (χ0v) is 16.3. The number of urea groups is 1. The van der Waals surface area contributed by atoms with Gasteiger partial charge in [0.15, 0.2) is 0 Å². The Morgan fingerprint density at radius 2 is 1.77 bits per heavy atom. The molecular formula is C18H18ClN3O2S2. The molecule has 1 N–H and O–H groups in total. The number of halogens is 1. The van der Waals surface area contributed by atoms with Gasteiger partial charge in [-0.15, -0.1) is 28.3 Å². The van der Waals surface area contributed by atoms with E-state index in [-0.39, 0.29) is 17.7 Å². The summed E-state index contributed by atoms with van der Waals surface area (Å²) in [6.07, 6.45) is 0. The molecule has 136 valence electrons. The minimum atomic E-state index is -0.513. The number of nitrogens with zero attached hydrogens (tertiary/aromatic N) is 2. The maximum Gasteiger partial charge on any atom is 0.340 e. The van der Waals surface area contributed by atoms with Gasteiger partial charge in [-0.3, -0.25) is 0 Å². The standard InChI is InChI=1S/C18H18ClN3O2S2/c19-9-11-22(21-24)18(23)20-10-12-25-17-13-5-1-3-7-15(13)26-16-8-4-2-6-14(16)17/h1-8,17H,9-12H2,(H,20,23). The molecule has 1 aliphatic rings. The van der Waals surface area contributed by atoms with Crippen LogP contribution in [0.25, 0.3) is 0 Å². The molecule has 3 rings (SSSR count). The molecular weight excluding hydrogens is 390 g/mol. The zero-order chi connectivity index (χ0) is 18.4. The molecule has 8 heteroatoms. The van der Waals surface area contributed by atoms with Gasteiger partial charge in [-0.2, -0.15) is 5.01 Å². The van der Waals surface area contributed by atoms with Crippen LogP contribution in [0.5, 0.6) is 0 Å². The van der Waals surface area contributed by atoms with E-state index in [9.17, 15) is 9.70 Å². The van der Waals surface area contributed by atoms with Crippen molar-refractivity contribution >= 4 is 41.2 Å². The highest BCUT2D eigenvalue weighted by Gasteiger charge is 2.25. The average Bonchev–Trinajstić information content (AvgIpc) is 2.68. The first-order chi connectivity index (χ1) is 12.7. The average molecular weight is 408 g/mol. The van der Waals surface area contributed by atoms with Gasteiger partial charge in [0.05, 0.1) is 17.1 Å². The second-order valence-corrected chi connectivity index (χ2v) is 8.23. The van der Waals surface area contributed by atoms with E-state index in [0.29, 0.717) is 6.54 Å². The first kappa shape index (κ1) is 19.1. The van der Waals surface area contributed by atoms with Crippen LogP contribution in [0.3, 0.4) is 0 Å². The number of rotatable bonds is 7. The zero-order valence-electron chi connectivity index (χ0n) is 13.9. The fraction of sp³-hybridized carbons (Fsp3) is 0.278. The van der Waals surface area contributed by atoms with E-state index < -0.39 is 6.03 Å². The van der Waals surface area contributed by atoms with Crippen molar-refractivity contribution in [3.8, 4) is 0 Å².